The van der Waals surface area contributed by atoms with Gasteiger partial charge in [-0.25, -0.2) is 0 Å². The Balaban J connectivity index is 2.21. The first-order chi connectivity index (χ1) is 8.08. The summed E-state index contributed by atoms with van der Waals surface area (Å²) in [5, 5.41) is 8.69. The van der Waals surface area contributed by atoms with E-state index in [2.05, 4.69) is 4.89 Å². The topological polar surface area (TPSA) is 98.9 Å². The lowest BCUT2D eigenvalue weighted by Gasteiger charge is -2.15. The normalized spacial score (nSPS) is 15.9. The molecule has 1 heterocycles. The summed E-state index contributed by atoms with van der Waals surface area (Å²) >= 11 is 0. The molecule has 0 aliphatic carbocycles. The molecule has 1 atom stereocenters. The number of Topliss-reactive ketones (excluding diaryl/α,β-unsaturated/α-hetero) is 1. The fourth-order valence-corrected chi connectivity index (χ4v) is 1.56. The van der Waals surface area contributed by atoms with Gasteiger partial charge in [-0.15, -0.1) is 0 Å². The molecule has 0 fully saturated rings. The van der Waals surface area contributed by atoms with Crippen molar-refractivity contribution in [2.24, 2.45) is 5.73 Å². The van der Waals surface area contributed by atoms with Crippen molar-refractivity contribution in [3.63, 3.8) is 0 Å². The van der Waals surface area contributed by atoms with Crippen LogP contribution in [0.2, 0.25) is 0 Å². The smallest absolute Gasteiger partial charge is 0.320 e. The third-order valence-electron chi connectivity index (χ3n) is 2.46. The lowest BCUT2D eigenvalue weighted by molar-refractivity contribution is -0.200. The number of carbonyl (C=O) groups excluding carboxylic acids is 1. The largest absolute Gasteiger partial charge is 0.480 e. The van der Waals surface area contributed by atoms with Crippen LogP contribution in [0.5, 0.6) is 5.75 Å². The number of nitrogens with two attached hydrogens (primary N) is 1. The summed E-state index contributed by atoms with van der Waals surface area (Å²) in [5.74, 6) is -0.937. The van der Waals surface area contributed by atoms with E-state index in [1.54, 1.807) is 18.2 Å². The highest BCUT2D eigenvalue weighted by Gasteiger charge is 2.21. The Kier molecular flexibility index (Phi) is 3.08. The Morgan fingerprint density at radius 3 is 3.00 bits per heavy atom. The minimum atomic E-state index is -1.07. The molecular formula is C11H11NO5. The molecule has 3 N–H and O–H groups in total. The zero-order valence-electron chi connectivity index (χ0n) is 8.88. The predicted molar refractivity (Wildman–Crippen MR) is 56.7 cm³/mol. The van der Waals surface area contributed by atoms with Gasteiger partial charge in [0.05, 0.1) is 5.56 Å². The molecule has 0 bridgehead atoms. The van der Waals surface area contributed by atoms with Gasteiger partial charge < -0.3 is 15.7 Å². The highest BCUT2D eigenvalue weighted by Crippen LogP contribution is 2.25. The molecule has 0 radical (unpaired) electrons. The molecule has 6 heteroatoms. The number of fused-ring (bicyclic) bond motifs is 1. The number of carbonyl (C=O) groups is 2. The molecule has 90 valence electrons. The first kappa shape index (κ1) is 11.6. The van der Waals surface area contributed by atoms with Gasteiger partial charge in [0, 0.05) is 0 Å². The van der Waals surface area contributed by atoms with E-state index < -0.39 is 12.0 Å². The number of carboxylic acid groups (broad SMARTS) is 1. The van der Waals surface area contributed by atoms with Crippen molar-refractivity contribution < 1.29 is 24.5 Å². The molecule has 1 aliphatic rings. The second-order valence-corrected chi connectivity index (χ2v) is 3.75. The summed E-state index contributed by atoms with van der Waals surface area (Å²) in [6.45, 7) is -0.110. The van der Waals surface area contributed by atoms with Crippen molar-refractivity contribution in [1.82, 2.24) is 0 Å². The fraction of sp³-hybridized carbons (Fsp3) is 0.273. The standard InChI is InChI=1S/C11H11NO5/c12-8(11(14)15)3-6-1-2-7-9(13)5-16-17-10(7)4-6/h1-2,4,8H,3,5,12H2,(H,14,15)/t8-/m0/s1. The molecule has 2 rings (SSSR count). The van der Waals surface area contributed by atoms with Gasteiger partial charge in [0.15, 0.2) is 18.1 Å². The van der Waals surface area contributed by atoms with E-state index in [-0.39, 0.29) is 18.8 Å². The Bertz CT molecular complexity index is 471. The summed E-state index contributed by atoms with van der Waals surface area (Å²) in [4.78, 5) is 31.5. The van der Waals surface area contributed by atoms with Crippen molar-refractivity contribution in [3.8, 4) is 5.75 Å². The van der Waals surface area contributed by atoms with Crippen LogP contribution in [-0.2, 0) is 16.1 Å². The molecule has 0 unspecified atom stereocenters. The average Bonchev–Trinajstić information content (AvgIpc) is 2.29. The number of hydrogen-bond acceptors (Lipinski definition) is 5. The lowest BCUT2D eigenvalue weighted by Crippen LogP contribution is -2.32. The van der Waals surface area contributed by atoms with E-state index in [1.165, 1.54) is 0 Å². The van der Waals surface area contributed by atoms with Crippen molar-refractivity contribution in [3.05, 3.63) is 29.3 Å². The van der Waals surface area contributed by atoms with Crippen LogP contribution >= 0.6 is 0 Å². The number of carboxylic acids is 1. The summed E-state index contributed by atoms with van der Waals surface area (Å²) in [7, 11) is 0. The summed E-state index contributed by atoms with van der Waals surface area (Å²) in [6.07, 6.45) is 0.167. The van der Waals surface area contributed by atoms with Gasteiger partial charge in [-0.2, -0.15) is 4.89 Å². The van der Waals surface area contributed by atoms with E-state index in [4.69, 9.17) is 15.7 Å². The quantitative estimate of drug-likeness (QED) is 0.726. The molecule has 0 spiro atoms. The lowest BCUT2D eigenvalue weighted by atomic mass is 10.0. The van der Waals surface area contributed by atoms with Gasteiger partial charge >= 0.3 is 5.97 Å². The SMILES string of the molecule is N[C@@H](Cc1ccc2c(c1)OOCC2=O)C(=O)O. The van der Waals surface area contributed by atoms with Gasteiger partial charge in [0.1, 0.15) is 6.04 Å². The highest BCUT2D eigenvalue weighted by atomic mass is 17.2. The monoisotopic (exact) mass is 237 g/mol. The molecule has 0 aromatic heterocycles. The van der Waals surface area contributed by atoms with Crippen LogP contribution in [0.4, 0.5) is 0 Å². The van der Waals surface area contributed by atoms with Crippen molar-refractivity contribution in [2.45, 2.75) is 12.5 Å². The zero-order chi connectivity index (χ0) is 12.4. The van der Waals surface area contributed by atoms with E-state index in [1.807, 2.05) is 0 Å². The third-order valence-corrected chi connectivity index (χ3v) is 2.46. The van der Waals surface area contributed by atoms with Crippen LogP contribution in [0.3, 0.4) is 0 Å². The number of rotatable bonds is 3. The van der Waals surface area contributed by atoms with Crippen LogP contribution in [0.15, 0.2) is 18.2 Å². The van der Waals surface area contributed by atoms with Gasteiger partial charge in [-0.05, 0) is 24.1 Å². The highest BCUT2D eigenvalue weighted by molar-refractivity contribution is 6.00. The Morgan fingerprint density at radius 2 is 2.29 bits per heavy atom. The summed E-state index contributed by atoms with van der Waals surface area (Å²) < 4.78 is 0. The number of benzene rings is 1. The maximum Gasteiger partial charge on any atom is 0.320 e. The molecule has 0 saturated carbocycles. The minimum absolute atomic E-state index is 0.110. The Morgan fingerprint density at radius 1 is 1.53 bits per heavy atom. The number of hydrogen-bond donors (Lipinski definition) is 2. The average molecular weight is 237 g/mol. The molecule has 6 nitrogen and oxygen atoms in total. The molecule has 17 heavy (non-hydrogen) atoms. The van der Waals surface area contributed by atoms with E-state index in [0.29, 0.717) is 16.9 Å². The Hall–Kier alpha value is -1.92. The van der Waals surface area contributed by atoms with E-state index in [9.17, 15) is 9.59 Å². The van der Waals surface area contributed by atoms with Gasteiger partial charge in [-0.1, -0.05) is 6.07 Å². The fourth-order valence-electron chi connectivity index (χ4n) is 1.56. The van der Waals surface area contributed by atoms with Gasteiger partial charge in [0.2, 0.25) is 0 Å². The first-order valence-electron chi connectivity index (χ1n) is 5.02. The molecule has 1 aromatic carbocycles. The second kappa shape index (κ2) is 4.52. The molecular weight excluding hydrogens is 226 g/mol. The summed E-state index contributed by atoms with van der Waals surface area (Å²) in [6, 6.07) is 3.83. The Labute approximate surface area is 96.9 Å². The molecule has 1 aromatic rings. The maximum atomic E-state index is 11.4. The third kappa shape index (κ3) is 2.43. The molecule has 0 saturated heterocycles. The molecule has 0 amide bonds. The van der Waals surface area contributed by atoms with Crippen LogP contribution in [0, 0.1) is 0 Å². The second-order valence-electron chi connectivity index (χ2n) is 3.75. The molecule has 1 aliphatic heterocycles. The summed E-state index contributed by atoms with van der Waals surface area (Å²) in [5.41, 5.74) is 6.53. The van der Waals surface area contributed by atoms with Crippen molar-refractivity contribution in [2.75, 3.05) is 6.61 Å². The van der Waals surface area contributed by atoms with Crippen LogP contribution < -0.4 is 10.6 Å². The predicted octanol–water partition coefficient (Wildman–Crippen LogP) is 0.148. The van der Waals surface area contributed by atoms with Gasteiger partial charge in [0.25, 0.3) is 0 Å². The number of ketones is 1. The van der Waals surface area contributed by atoms with Crippen LogP contribution in [0.25, 0.3) is 0 Å². The first-order valence-corrected chi connectivity index (χ1v) is 5.02. The van der Waals surface area contributed by atoms with E-state index >= 15 is 0 Å². The van der Waals surface area contributed by atoms with E-state index in [0.717, 1.165) is 0 Å². The minimum Gasteiger partial charge on any atom is -0.480 e. The number of aliphatic carboxylic acids is 1. The maximum absolute atomic E-state index is 11.4. The van der Waals surface area contributed by atoms with Gasteiger partial charge in [-0.3, -0.25) is 9.59 Å². The van der Waals surface area contributed by atoms with Crippen LogP contribution in [-0.4, -0.2) is 29.5 Å². The van der Waals surface area contributed by atoms with Crippen molar-refractivity contribution >= 4 is 11.8 Å². The van der Waals surface area contributed by atoms with Crippen LogP contribution in [0.1, 0.15) is 15.9 Å². The zero-order valence-corrected chi connectivity index (χ0v) is 8.88. The van der Waals surface area contributed by atoms with Crippen molar-refractivity contribution in [1.29, 1.82) is 0 Å².